The highest BCUT2D eigenvalue weighted by Gasteiger charge is 2.11. The van der Waals surface area contributed by atoms with Crippen molar-refractivity contribution >= 4 is 28.8 Å². The molecule has 0 aliphatic heterocycles. The summed E-state index contributed by atoms with van der Waals surface area (Å²) >= 11 is 7.67. The number of rotatable bonds is 6. The normalized spacial score (nSPS) is 10.7. The number of aromatic nitrogens is 2. The van der Waals surface area contributed by atoms with Crippen molar-refractivity contribution in [2.75, 3.05) is 6.54 Å². The Balaban J connectivity index is 1.52. The summed E-state index contributed by atoms with van der Waals surface area (Å²) in [5.41, 5.74) is 0.728. The van der Waals surface area contributed by atoms with Gasteiger partial charge in [-0.2, -0.15) is 4.98 Å². The van der Waals surface area contributed by atoms with Crippen LogP contribution in [0.3, 0.4) is 0 Å². The fraction of sp³-hybridized carbons (Fsp3) is 0.188. The van der Waals surface area contributed by atoms with Crippen LogP contribution in [0.2, 0.25) is 5.02 Å². The van der Waals surface area contributed by atoms with E-state index in [-0.39, 0.29) is 5.91 Å². The average Bonchev–Trinajstić information content (AvgIpc) is 3.20. The van der Waals surface area contributed by atoms with Crippen LogP contribution in [0.25, 0.3) is 11.4 Å². The van der Waals surface area contributed by atoms with Crippen molar-refractivity contribution in [2.24, 2.45) is 0 Å². The molecule has 1 amide bonds. The Kier molecular flexibility index (Phi) is 5.05. The lowest BCUT2D eigenvalue weighted by Gasteiger charge is -2.01. The van der Waals surface area contributed by atoms with Gasteiger partial charge in [0.1, 0.15) is 0 Å². The van der Waals surface area contributed by atoms with Crippen LogP contribution in [0.1, 0.15) is 10.8 Å². The Morgan fingerprint density at radius 1 is 1.26 bits per heavy atom. The molecule has 118 valence electrons. The van der Waals surface area contributed by atoms with Crippen molar-refractivity contribution in [3.05, 3.63) is 57.6 Å². The van der Waals surface area contributed by atoms with E-state index in [9.17, 15) is 4.79 Å². The molecule has 0 spiro atoms. The minimum atomic E-state index is -0.0155. The molecule has 0 unspecified atom stereocenters. The summed E-state index contributed by atoms with van der Waals surface area (Å²) in [6.45, 7) is 0.453. The molecule has 3 rings (SSSR count). The lowest BCUT2D eigenvalue weighted by molar-refractivity contribution is -0.120. The first kappa shape index (κ1) is 15.7. The van der Waals surface area contributed by atoms with E-state index < -0.39 is 0 Å². The molecule has 0 saturated carbocycles. The van der Waals surface area contributed by atoms with E-state index in [0.717, 1.165) is 10.4 Å². The molecular formula is C16H14ClN3O2S. The largest absolute Gasteiger partial charge is 0.355 e. The highest BCUT2D eigenvalue weighted by Crippen LogP contribution is 2.24. The molecule has 0 radical (unpaired) electrons. The van der Waals surface area contributed by atoms with Crippen LogP contribution in [0, 0.1) is 0 Å². The molecule has 0 atom stereocenters. The molecule has 23 heavy (non-hydrogen) atoms. The molecule has 3 aromatic rings. The third-order valence-electron chi connectivity index (χ3n) is 3.16. The lowest BCUT2D eigenvalue weighted by atomic mass is 10.2. The van der Waals surface area contributed by atoms with Crippen LogP contribution in [0.5, 0.6) is 0 Å². The summed E-state index contributed by atoms with van der Waals surface area (Å²) in [5, 5.41) is 9.30. The topological polar surface area (TPSA) is 68.0 Å². The van der Waals surface area contributed by atoms with E-state index in [1.165, 1.54) is 0 Å². The van der Waals surface area contributed by atoms with Crippen molar-refractivity contribution in [3.8, 4) is 11.4 Å². The molecule has 0 aliphatic carbocycles. The zero-order chi connectivity index (χ0) is 16.1. The highest BCUT2D eigenvalue weighted by atomic mass is 35.5. The lowest BCUT2D eigenvalue weighted by Crippen LogP contribution is -2.27. The van der Waals surface area contributed by atoms with E-state index in [1.807, 2.05) is 35.7 Å². The van der Waals surface area contributed by atoms with Crippen molar-refractivity contribution in [3.63, 3.8) is 0 Å². The number of carbonyl (C=O) groups excluding carboxylic acids is 1. The van der Waals surface area contributed by atoms with E-state index in [4.69, 9.17) is 16.1 Å². The Morgan fingerprint density at radius 2 is 2.13 bits per heavy atom. The molecule has 5 nitrogen and oxygen atoms in total. The quantitative estimate of drug-likeness (QED) is 0.742. The zero-order valence-corrected chi connectivity index (χ0v) is 13.7. The Bertz CT molecular complexity index is 786. The molecule has 7 heteroatoms. The minimum Gasteiger partial charge on any atom is -0.355 e. The summed E-state index contributed by atoms with van der Waals surface area (Å²) in [6.07, 6.45) is 0.875. The van der Waals surface area contributed by atoms with Gasteiger partial charge in [0.05, 0.1) is 11.4 Å². The smallest absolute Gasteiger partial charge is 0.228 e. The minimum absolute atomic E-state index is 0.0155. The van der Waals surface area contributed by atoms with Crippen molar-refractivity contribution < 1.29 is 9.32 Å². The van der Waals surface area contributed by atoms with Gasteiger partial charge in [-0.25, -0.2) is 0 Å². The van der Waals surface area contributed by atoms with E-state index in [0.29, 0.717) is 36.1 Å². The first-order chi connectivity index (χ1) is 11.2. The fourth-order valence-electron chi connectivity index (χ4n) is 2.05. The standard InChI is InChI=1S/C16H14ClN3O2S/c17-13-6-2-1-5-12(13)16-19-15(22-20-16)7-8-18-14(21)10-11-4-3-9-23-11/h1-6,9H,7-8,10H2,(H,18,21). The number of carbonyl (C=O) groups is 1. The third-order valence-corrected chi connectivity index (χ3v) is 4.36. The Labute approximate surface area is 142 Å². The SMILES string of the molecule is O=C(Cc1cccs1)NCCc1nc(-c2ccccc2Cl)no1. The molecule has 1 N–H and O–H groups in total. The number of hydrogen-bond donors (Lipinski definition) is 1. The molecule has 0 fully saturated rings. The second-order valence-corrected chi connectivity index (χ2v) is 6.29. The average molecular weight is 348 g/mol. The number of benzene rings is 1. The summed E-state index contributed by atoms with van der Waals surface area (Å²) < 4.78 is 5.19. The van der Waals surface area contributed by atoms with Gasteiger partial charge in [0.2, 0.25) is 17.6 Å². The predicted molar refractivity (Wildman–Crippen MR) is 89.5 cm³/mol. The third kappa shape index (κ3) is 4.18. The van der Waals surface area contributed by atoms with E-state index in [2.05, 4.69) is 15.5 Å². The fourth-order valence-corrected chi connectivity index (χ4v) is 2.97. The number of nitrogens with zero attached hydrogens (tertiary/aromatic N) is 2. The maximum atomic E-state index is 11.8. The van der Waals surface area contributed by atoms with E-state index >= 15 is 0 Å². The van der Waals surface area contributed by atoms with Crippen LogP contribution in [-0.2, 0) is 17.6 Å². The maximum Gasteiger partial charge on any atom is 0.228 e. The maximum absolute atomic E-state index is 11.8. The Hall–Kier alpha value is -2.18. The second kappa shape index (κ2) is 7.39. The van der Waals surface area contributed by atoms with Gasteiger partial charge in [-0.3, -0.25) is 4.79 Å². The zero-order valence-electron chi connectivity index (χ0n) is 12.2. The summed E-state index contributed by atoms with van der Waals surface area (Å²) in [6, 6.07) is 11.2. The summed E-state index contributed by atoms with van der Waals surface area (Å²) in [7, 11) is 0. The van der Waals surface area contributed by atoms with Crippen LogP contribution < -0.4 is 5.32 Å². The molecule has 0 saturated heterocycles. The van der Waals surface area contributed by atoms with Crippen LogP contribution in [-0.4, -0.2) is 22.6 Å². The van der Waals surface area contributed by atoms with Gasteiger partial charge in [-0.1, -0.05) is 35.0 Å². The van der Waals surface area contributed by atoms with Gasteiger partial charge in [0, 0.05) is 23.4 Å². The van der Waals surface area contributed by atoms with Crippen molar-refractivity contribution in [1.82, 2.24) is 15.5 Å². The van der Waals surface area contributed by atoms with Crippen molar-refractivity contribution in [1.29, 1.82) is 0 Å². The summed E-state index contributed by atoms with van der Waals surface area (Å²) in [5.74, 6) is 0.908. The molecule has 1 aromatic carbocycles. The van der Waals surface area contributed by atoms with Crippen LogP contribution in [0.4, 0.5) is 0 Å². The first-order valence-electron chi connectivity index (χ1n) is 7.09. The predicted octanol–water partition coefficient (Wildman–Crippen LogP) is 3.35. The van der Waals surface area contributed by atoms with Gasteiger partial charge in [0.25, 0.3) is 0 Å². The number of thiophene rings is 1. The molecule has 0 aliphatic rings. The summed E-state index contributed by atoms with van der Waals surface area (Å²) in [4.78, 5) is 17.1. The molecule has 2 aromatic heterocycles. The molecule has 2 heterocycles. The number of halogens is 1. The van der Waals surface area contributed by atoms with Crippen LogP contribution >= 0.6 is 22.9 Å². The van der Waals surface area contributed by atoms with Crippen molar-refractivity contribution in [2.45, 2.75) is 12.8 Å². The first-order valence-corrected chi connectivity index (χ1v) is 8.34. The van der Waals surface area contributed by atoms with Gasteiger partial charge in [0.15, 0.2) is 0 Å². The highest BCUT2D eigenvalue weighted by molar-refractivity contribution is 7.10. The second-order valence-electron chi connectivity index (χ2n) is 4.85. The molecule has 0 bridgehead atoms. The van der Waals surface area contributed by atoms with Crippen LogP contribution in [0.15, 0.2) is 46.3 Å². The van der Waals surface area contributed by atoms with Gasteiger partial charge >= 0.3 is 0 Å². The monoisotopic (exact) mass is 347 g/mol. The van der Waals surface area contributed by atoms with Gasteiger partial charge in [-0.15, -0.1) is 11.3 Å². The molecular weight excluding hydrogens is 334 g/mol. The number of amides is 1. The number of hydrogen-bond acceptors (Lipinski definition) is 5. The van der Waals surface area contributed by atoms with Gasteiger partial charge < -0.3 is 9.84 Å². The van der Waals surface area contributed by atoms with E-state index in [1.54, 1.807) is 17.4 Å². The van der Waals surface area contributed by atoms with Gasteiger partial charge in [-0.05, 0) is 23.6 Å². The Morgan fingerprint density at radius 3 is 2.91 bits per heavy atom. The number of nitrogens with one attached hydrogen (secondary N) is 1.